The zero-order valence-corrected chi connectivity index (χ0v) is 10.9. The molecule has 0 aliphatic heterocycles. The number of hydrogen-bond donors (Lipinski definition) is 0. The quantitative estimate of drug-likeness (QED) is 0.799. The van der Waals surface area contributed by atoms with Crippen LogP contribution in [0.1, 0.15) is 5.56 Å². The van der Waals surface area contributed by atoms with E-state index in [4.69, 9.17) is 14.7 Å². The van der Waals surface area contributed by atoms with Gasteiger partial charge in [-0.15, -0.1) is 0 Å². The van der Waals surface area contributed by atoms with Gasteiger partial charge in [-0.1, -0.05) is 15.9 Å². The van der Waals surface area contributed by atoms with E-state index in [1.807, 2.05) is 6.07 Å². The molecule has 1 aromatic carbocycles. The predicted molar refractivity (Wildman–Crippen MR) is 62.0 cm³/mol. The van der Waals surface area contributed by atoms with Crippen LogP contribution in [0.2, 0.25) is 0 Å². The van der Waals surface area contributed by atoms with Gasteiger partial charge in [0.05, 0.1) is 18.7 Å². The van der Waals surface area contributed by atoms with Gasteiger partial charge in [0.2, 0.25) is 0 Å². The molecule has 0 heterocycles. The summed E-state index contributed by atoms with van der Waals surface area (Å²) in [5, 5.41) is 8.74. The Morgan fingerprint density at radius 3 is 2.44 bits per heavy atom. The zero-order valence-electron chi connectivity index (χ0n) is 9.29. The van der Waals surface area contributed by atoms with Crippen molar-refractivity contribution in [1.29, 1.82) is 5.26 Å². The van der Waals surface area contributed by atoms with E-state index in [0.29, 0.717) is 5.75 Å². The Balaban J connectivity index is 2.76. The van der Waals surface area contributed by atoms with Gasteiger partial charge < -0.3 is 9.47 Å². The van der Waals surface area contributed by atoms with Crippen molar-refractivity contribution in [2.24, 2.45) is 0 Å². The highest BCUT2D eigenvalue weighted by Crippen LogP contribution is 2.28. The van der Waals surface area contributed by atoms with Gasteiger partial charge in [-0.25, -0.2) is 0 Å². The Morgan fingerprint density at radius 2 is 1.94 bits per heavy atom. The second-order valence-corrected chi connectivity index (χ2v) is 4.43. The molecular formula is C11H9BrF3NO2. The van der Waals surface area contributed by atoms with Crippen molar-refractivity contribution in [3.05, 3.63) is 23.8 Å². The van der Waals surface area contributed by atoms with Gasteiger partial charge in [0.25, 0.3) is 0 Å². The van der Waals surface area contributed by atoms with Gasteiger partial charge in [-0.3, -0.25) is 0 Å². The predicted octanol–water partition coefficient (Wildman–Crippen LogP) is 3.27. The molecule has 0 N–H and O–H groups in total. The molecule has 0 aromatic heterocycles. The first-order chi connectivity index (χ1) is 8.36. The van der Waals surface area contributed by atoms with E-state index in [1.165, 1.54) is 25.3 Å². The summed E-state index contributed by atoms with van der Waals surface area (Å²) in [6, 6.07) is 6.09. The molecular weight excluding hydrogens is 315 g/mol. The van der Waals surface area contributed by atoms with Crippen molar-refractivity contribution in [3.8, 4) is 17.6 Å². The first kappa shape index (κ1) is 14.6. The molecule has 18 heavy (non-hydrogen) atoms. The first-order valence-corrected chi connectivity index (χ1v) is 5.71. The van der Waals surface area contributed by atoms with E-state index < -0.39 is 17.6 Å². The number of benzene rings is 1. The molecule has 0 amide bonds. The van der Waals surface area contributed by atoms with Gasteiger partial charge in [0, 0.05) is 6.07 Å². The van der Waals surface area contributed by atoms with E-state index in [0.717, 1.165) is 0 Å². The Morgan fingerprint density at radius 1 is 1.33 bits per heavy atom. The Kier molecular flexibility index (Phi) is 4.84. The van der Waals surface area contributed by atoms with E-state index in [9.17, 15) is 13.2 Å². The van der Waals surface area contributed by atoms with Crippen LogP contribution >= 0.6 is 15.9 Å². The molecule has 1 aromatic rings. The lowest BCUT2D eigenvalue weighted by atomic mass is 10.2. The molecule has 1 rings (SSSR count). The van der Waals surface area contributed by atoms with Crippen molar-refractivity contribution in [2.45, 2.75) is 11.0 Å². The largest absolute Gasteiger partial charge is 0.497 e. The molecule has 98 valence electrons. The molecule has 0 saturated heterocycles. The monoisotopic (exact) mass is 323 g/mol. The molecule has 7 heteroatoms. The number of rotatable bonds is 4. The molecule has 0 spiro atoms. The van der Waals surface area contributed by atoms with Crippen LogP contribution in [0.5, 0.6) is 11.5 Å². The smallest absolute Gasteiger partial charge is 0.404 e. The van der Waals surface area contributed by atoms with Crippen LogP contribution in [0.3, 0.4) is 0 Å². The number of alkyl halides is 4. The number of halogens is 4. The third-order valence-electron chi connectivity index (χ3n) is 2.00. The van der Waals surface area contributed by atoms with E-state index in [2.05, 4.69) is 15.9 Å². The van der Waals surface area contributed by atoms with Crippen LogP contribution in [0.25, 0.3) is 0 Å². The SMILES string of the molecule is COc1cc(C#N)cc(OCC(Br)C(F)(F)F)c1. The van der Waals surface area contributed by atoms with E-state index in [1.54, 1.807) is 0 Å². The molecule has 1 unspecified atom stereocenters. The van der Waals surface area contributed by atoms with E-state index in [-0.39, 0.29) is 11.3 Å². The number of nitrogens with zero attached hydrogens (tertiary/aromatic N) is 1. The minimum atomic E-state index is -4.38. The molecule has 0 bridgehead atoms. The normalized spacial score (nSPS) is 12.7. The summed E-state index contributed by atoms with van der Waals surface area (Å²) in [5.74, 6) is 0.502. The van der Waals surface area contributed by atoms with Crippen molar-refractivity contribution >= 4 is 15.9 Å². The fraction of sp³-hybridized carbons (Fsp3) is 0.364. The van der Waals surface area contributed by atoms with Crippen LogP contribution in [0.4, 0.5) is 13.2 Å². The highest BCUT2D eigenvalue weighted by molar-refractivity contribution is 9.09. The Hall–Kier alpha value is -1.42. The summed E-state index contributed by atoms with van der Waals surface area (Å²) in [6.07, 6.45) is -4.38. The fourth-order valence-electron chi connectivity index (χ4n) is 1.10. The van der Waals surface area contributed by atoms with Crippen molar-refractivity contribution in [3.63, 3.8) is 0 Å². The highest BCUT2D eigenvalue weighted by atomic mass is 79.9. The Bertz CT molecular complexity index is 457. The van der Waals surface area contributed by atoms with Gasteiger partial charge in [-0.05, 0) is 12.1 Å². The van der Waals surface area contributed by atoms with Crippen LogP contribution in [-0.4, -0.2) is 24.7 Å². The van der Waals surface area contributed by atoms with Crippen molar-refractivity contribution < 1.29 is 22.6 Å². The van der Waals surface area contributed by atoms with Crippen molar-refractivity contribution in [2.75, 3.05) is 13.7 Å². The number of nitriles is 1. The number of hydrogen-bond acceptors (Lipinski definition) is 3. The zero-order chi connectivity index (χ0) is 13.8. The number of ether oxygens (including phenoxy) is 2. The van der Waals surface area contributed by atoms with Crippen molar-refractivity contribution in [1.82, 2.24) is 0 Å². The third-order valence-corrected chi connectivity index (χ3v) is 2.78. The van der Waals surface area contributed by atoms with Crippen LogP contribution < -0.4 is 9.47 Å². The first-order valence-electron chi connectivity index (χ1n) is 4.79. The molecule has 0 fully saturated rings. The summed E-state index contributed by atoms with van der Waals surface area (Å²) < 4.78 is 46.6. The van der Waals surface area contributed by atoms with E-state index >= 15 is 0 Å². The molecule has 1 atom stereocenters. The summed E-state index contributed by atoms with van der Waals surface area (Å²) in [4.78, 5) is -1.76. The lowest BCUT2D eigenvalue weighted by molar-refractivity contribution is -0.132. The number of methoxy groups -OCH3 is 1. The molecule has 3 nitrogen and oxygen atoms in total. The lowest BCUT2D eigenvalue weighted by Crippen LogP contribution is -2.28. The maximum Gasteiger partial charge on any atom is 0.404 e. The summed E-state index contributed by atoms with van der Waals surface area (Å²) in [7, 11) is 1.39. The molecule has 0 aliphatic rings. The standard InChI is InChI=1S/C11H9BrF3NO2/c1-17-8-2-7(5-16)3-9(4-8)18-6-10(12)11(13,14)15/h2-4,10H,6H2,1H3. The molecule has 0 aliphatic carbocycles. The van der Waals surface area contributed by atoms with Gasteiger partial charge >= 0.3 is 6.18 Å². The maximum atomic E-state index is 12.2. The third kappa shape index (κ3) is 4.11. The lowest BCUT2D eigenvalue weighted by Gasteiger charge is -2.15. The van der Waals surface area contributed by atoms with Crippen LogP contribution in [0, 0.1) is 11.3 Å². The van der Waals surface area contributed by atoms with Crippen LogP contribution in [0.15, 0.2) is 18.2 Å². The van der Waals surface area contributed by atoms with Gasteiger partial charge in [-0.2, -0.15) is 18.4 Å². The summed E-state index contributed by atoms with van der Waals surface area (Å²) in [5.41, 5.74) is 0.252. The molecule has 0 saturated carbocycles. The average molecular weight is 324 g/mol. The summed E-state index contributed by atoms with van der Waals surface area (Å²) >= 11 is 2.48. The second kappa shape index (κ2) is 5.96. The average Bonchev–Trinajstić information content (AvgIpc) is 2.34. The molecule has 0 radical (unpaired) electrons. The van der Waals surface area contributed by atoms with Crippen LogP contribution in [-0.2, 0) is 0 Å². The maximum absolute atomic E-state index is 12.2. The van der Waals surface area contributed by atoms with Gasteiger partial charge in [0.15, 0.2) is 0 Å². The minimum Gasteiger partial charge on any atom is -0.497 e. The van der Waals surface area contributed by atoms with Gasteiger partial charge in [0.1, 0.15) is 22.9 Å². The topological polar surface area (TPSA) is 42.2 Å². The second-order valence-electron chi connectivity index (χ2n) is 3.33. The minimum absolute atomic E-state index is 0.152. The Labute approximate surface area is 110 Å². The fourth-order valence-corrected chi connectivity index (χ4v) is 1.23. The summed E-state index contributed by atoms with van der Waals surface area (Å²) in [6.45, 7) is -0.582. The highest BCUT2D eigenvalue weighted by Gasteiger charge is 2.38.